The highest BCUT2D eigenvalue weighted by Gasteiger charge is 2.62. The predicted molar refractivity (Wildman–Crippen MR) is 132 cm³/mol. The molecule has 0 aliphatic heterocycles. The summed E-state index contributed by atoms with van der Waals surface area (Å²) in [6, 6.07) is 20.2. The van der Waals surface area contributed by atoms with Gasteiger partial charge in [0.1, 0.15) is 5.92 Å². The van der Waals surface area contributed by atoms with Crippen molar-refractivity contribution in [2.75, 3.05) is 0 Å². The van der Waals surface area contributed by atoms with E-state index < -0.39 is 47.3 Å². The van der Waals surface area contributed by atoms with E-state index in [1.54, 1.807) is 36.4 Å². The molecule has 4 rings (SSSR count). The van der Waals surface area contributed by atoms with Gasteiger partial charge >= 0.3 is 4.87 Å². The molecule has 1 aliphatic carbocycles. The van der Waals surface area contributed by atoms with Crippen LogP contribution >= 0.6 is 0 Å². The van der Waals surface area contributed by atoms with Gasteiger partial charge in [-0.15, -0.1) is 0 Å². The van der Waals surface area contributed by atoms with Gasteiger partial charge in [-0.3, -0.25) is 25.0 Å². The maximum absolute atomic E-state index is 13.7. The van der Waals surface area contributed by atoms with E-state index >= 15 is 0 Å². The number of para-hydroxylation sites is 1. The highest BCUT2D eigenvalue weighted by atomic mass is 32.2. The highest BCUT2D eigenvalue weighted by Crippen LogP contribution is 2.43. The summed E-state index contributed by atoms with van der Waals surface area (Å²) in [5, 5.41) is 24.0. The molecule has 0 N–H and O–H groups in total. The summed E-state index contributed by atoms with van der Waals surface area (Å²) in [6.07, 6.45) is 4.04. The van der Waals surface area contributed by atoms with Crippen molar-refractivity contribution < 1.29 is 23.1 Å². The minimum absolute atomic E-state index is 0.263. The van der Waals surface area contributed by atoms with Gasteiger partial charge in [-0.25, -0.2) is 8.42 Å². The van der Waals surface area contributed by atoms with E-state index in [1.165, 1.54) is 30.4 Å². The van der Waals surface area contributed by atoms with Crippen LogP contribution in [0.5, 0.6) is 0 Å². The fourth-order valence-electron chi connectivity index (χ4n) is 4.17. The number of nitro benzene ring substituents is 1. The summed E-state index contributed by atoms with van der Waals surface area (Å²) in [7, 11) is -5.01. The molecule has 181 valence electrons. The van der Waals surface area contributed by atoms with Crippen LogP contribution in [0.25, 0.3) is 11.1 Å². The minimum Gasteiger partial charge on any atom is -0.294 e. The molecule has 3 aromatic rings. The summed E-state index contributed by atoms with van der Waals surface area (Å²) >= 11 is 0. The van der Waals surface area contributed by atoms with Crippen LogP contribution in [0.4, 0.5) is 5.69 Å². The van der Waals surface area contributed by atoms with E-state index in [9.17, 15) is 33.4 Å². The number of nitro groups is 2. The summed E-state index contributed by atoms with van der Waals surface area (Å²) < 4.78 is 27.5. The molecule has 0 saturated carbocycles. The first-order valence-electron chi connectivity index (χ1n) is 10.7. The Morgan fingerprint density at radius 3 is 2.17 bits per heavy atom. The largest absolute Gasteiger partial charge is 0.352 e. The van der Waals surface area contributed by atoms with E-state index in [0.29, 0.717) is 5.56 Å². The Morgan fingerprint density at radius 2 is 1.47 bits per heavy atom. The fourth-order valence-corrected chi connectivity index (χ4v) is 6.13. The van der Waals surface area contributed by atoms with Crippen LogP contribution in [-0.2, 0) is 9.84 Å². The molecule has 0 saturated heterocycles. The van der Waals surface area contributed by atoms with Crippen LogP contribution in [0.15, 0.2) is 108 Å². The second-order valence-electron chi connectivity index (χ2n) is 7.94. The normalized spacial score (nSPS) is 17.6. The first-order valence-corrected chi connectivity index (χ1v) is 12.2. The Kier molecular flexibility index (Phi) is 6.63. The van der Waals surface area contributed by atoms with Gasteiger partial charge < -0.3 is 0 Å². The first-order chi connectivity index (χ1) is 17.2. The lowest BCUT2D eigenvalue weighted by Crippen LogP contribution is -2.50. The third-order valence-electron chi connectivity index (χ3n) is 5.89. The third-order valence-corrected chi connectivity index (χ3v) is 8.18. The Bertz CT molecular complexity index is 1510. The van der Waals surface area contributed by atoms with Crippen molar-refractivity contribution in [3.05, 3.63) is 135 Å². The monoisotopic (exact) mass is 503 g/mol. The third kappa shape index (κ3) is 4.11. The number of carbonyl (C=O) groups is 1. The van der Waals surface area contributed by atoms with Crippen molar-refractivity contribution in [3.63, 3.8) is 0 Å². The second-order valence-corrected chi connectivity index (χ2v) is 10.0. The van der Waals surface area contributed by atoms with Crippen molar-refractivity contribution in [1.82, 2.24) is 0 Å². The van der Waals surface area contributed by atoms with Gasteiger partial charge in [0.15, 0.2) is 10.7 Å². The molecule has 0 fully saturated rings. The summed E-state index contributed by atoms with van der Waals surface area (Å²) in [6.45, 7) is 0. The second kappa shape index (κ2) is 9.67. The lowest BCUT2D eigenvalue weighted by molar-refractivity contribution is -0.520. The molecule has 0 heterocycles. The number of hydrogen-bond donors (Lipinski definition) is 0. The molecular weight excluding hydrogens is 484 g/mol. The van der Waals surface area contributed by atoms with Gasteiger partial charge in [-0.05, 0) is 17.2 Å². The van der Waals surface area contributed by atoms with Gasteiger partial charge in [0.25, 0.3) is 15.5 Å². The van der Waals surface area contributed by atoms with E-state index in [-0.39, 0.29) is 11.5 Å². The van der Waals surface area contributed by atoms with E-state index in [1.807, 2.05) is 18.2 Å². The number of sulfone groups is 1. The van der Waals surface area contributed by atoms with E-state index in [2.05, 4.69) is 0 Å². The predicted octanol–water partition coefficient (Wildman–Crippen LogP) is 4.98. The minimum atomic E-state index is -5.01. The SMILES string of the molecule is O=C(C[C]1C=CC=CC1([N+](=O)[O-])S(=O)(=O)c1ccccc1[N+](=O)[O-])c1ccccc1-c1ccccc1. The molecule has 9 nitrogen and oxygen atoms in total. The number of nitrogens with zero attached hydrogens (tertiary/aromatic N) is 2. The molecule has 0 bridgehead atoms. The average Bonchev–Trinajstić information content (AvgIpc) is 2.89. The van der Waals surface area contributed by atoms with E-state index in [0.717, 1.165) is 23.8 Å². The molecule has 36 heavy (non-hydrogen) atoms. The molecular formula is C26H19N2O7S. The fraction of sp³-hybridized carbons (Fsp3) is 0.0769. The van der Waals surface area contributed by atoms with Crippen LogP contribution in [-0.4, -0.2) is 28.9 Å². The van der Waals surface area contributed by atoms with Crippen LogP contribution in [0, 0.1) is 26.1 Å². The quantitative estimate of drug-likeness (QED) is 0.240. The van der Waals surface area contributed by atoms with Crippen molar-refractivity contribution in [2.45, 2.75) is 16.2 Å². The summed E-state index contributed by atoms with van der Waals surface area (Å²) in [5.74, 6) is -0.852. The first kappa shape index (κ1) is 24.7. The van der Waals surface area contributed by atoms with Crippen LogP contribution in [0.1, 0.15) is 16.8 Å². The molecule has 0 amide bonds. The molecule has 3 aromatic carbocycles. The summed E-state index contributed by atoms with van der Waals surface area (Å²) in [4.78, 5) is 31.8. The molecule has 0 spiro atoms. The van der Waals surface area contributed by atoms with Crippen molar-refractivity contribution in [2.24, 2.45) is 0 Å². The van der Waals surface area contributed by atoms with Gasteiger partial charge in [-0.2, -0.15) is 0 Å². The van der Waals surface area contributed by atoms with Crippen molar-refractivity contribution in [3.8, 4) is 11.1 Å². The number of benzene rings is 3. The molecule has 10 heteroatoms. The molecule has 1 unspecified atom stereocenters. The summed E-state index contributed by atoms with van der Waals surface area (Å²) in [5.41, 5.74) is 0.812. The van der Waals surface area contributed by atoms with E-state index in [4.69, 9.17) is 0 Å². The molecule has 1 radical (unpaired) electrons. The van der Waals surface area contributed by atoms with Crippen LogP contribution < -0.4 is 0 Å². The topological polar surface area (TPSA) is 137 Å². The van der Waals surface area contributed by atoms with Crippen LogP contribution in [0.3, 0.4) is 0 Å². The number of Topliss-reactive ketones (excluding diaryl/α,β-unsaturated/α-hetero) is 1. The smallest absolute Gasteiger partial charge is 0.294 e. The lowest BCUT2D eigenvalue weighted by atomic mass is 9.86. The number of hydrogen-bond acceptors (Lipinski definition) is 7. The van der Waals surface area contributed by atoms with Gasteiger partial charge in [-0.1, -0.05) is 85.0 Å². The number of allylic oxidation sites excluding steroid dienone is 2. The number of ketones is 1. The zero-order chi connectivity index (χ0) is 25.9. The van der Waals surface area contributed by atoms with Crippen LogP contribution in [0.2, 0.25) is 0 Å². The molecule has 1 aliphatic rings. The number of carbonyl (C=O) groups excluding carboxylic acids is 1. The maximum Gasteiger partial charge on any atom is 0.352 e. The molecule has 1 atom stereocenters. The Hall–Kier alpha value is -4.44. The van der Waals surface area contributed by atoms with Crippen molar-refractivity contribution >= 4 is 21.3 Å². The van der Waals surface area contributed by atoms with Crippen molar-refractivity contribution in [1.29, 1.82) is 0 Å². The van der Waals surface area contributed by atoms with Gasteiger partial charge in [0, 0.05) is 29.0 Å². The molecule has 0 aromatic heterocycles. The van der Waals surface area contributed by atoms with Gasteiger partial charge in [0.05, 0.1) is 4.92 Å². The van der Waals surface area contributed by atoms with Gasteiger partial charge in [0.2, 0.25) is 0 Å². The zero-order valence-electron chi connectivity index (χ0n) is 18.7. The Labute approximate surface area is 206 Å². The zero-order valence-corrected chi connectivity index (χ0v) is 19.5. The number of rotatable bonds is 8. The average molecular weight is 504 g/mol. The Morgan fingerprint density at radius 1 is 0.833 bits per heavy atom. The maximum atomic E-state index is 13.7. The highest BCUT2D eigenvalue weighted by molar-refractivity contribution is 7.93. The lowest BCUT2D eigenvalue weighted by Gasteiger charge is -2.29. The Balaban J connectivity index is 1.81. The standard InChI is InChI=1S/C26H19N2O7S/c29-24(22-14-5-4-13-21(22)19-10-2-1-3-11-19)18-20-12-8-9-17-26(20,28(32)33)36(34,35)25-16-7-6-15-23(25)27(30)31/h1-17H,18H2.